The van der Waals surface area contributed by atoms with Crippen molar-refractivity contribution in [3.05, 3.63) is 17.1 Å². The van der Waals surface area contributed by atoms with E-state index in [0.717, 1.165) is 24.5 Å². The molecule has 1 aromatic heterocycles. The molecule has 0 saturated carbocycles. The molecule has 1 unspecified atom stereocenters. The van der Waals surface area contributed by atoms with Gasteiger partial charge >= 0.3 is 0 Å². The van der Waals surface area contributed by atoms with Crippen LogP contribution in [0.15, 0.2) is 0 Å². The molecule has 0 radical (unpaired) electrons. The monoisotopic (exact) mass is 263 g/mol. The second kappa shape index (κ2) is 5.47. The molecule has 1 aromatic rings. The molecule has 1 aliphatic heterocycles. The van der Waals surface area contributed by atoms with Crippen molar-refractivity contribution in [3.63, 3.8) is 0 Å². The van der Waals surface area contributed by atoms with Gasteiger partial charge in [0.05, 0.1) is 5.25 Å². The van der Waals surface area contributed by atoms with Gasteiger partial charge in [0.1, 0.15) is 11.6 Å². The van der Waals surface area contributed by atoms with Gasteiger partial charge in [0, 0.05) is 11.3 Å². The minimum absolute atomic E-state index is 0.481. The van der Waals surface area contributed by atoms with Crippen LogP contribution in [0.4, 0.5) is 5.82 Å². The van der Waals surface area contributed by atoms with Gasteiger partial charge in [0.15, 0.2) is 0 Å². The molecule has 2 aliphatic rings. The molecule has 0 aromatic carbocycles. The van der Waals surface area contributed by atoms with Crippen LogP contribution in [0.2, 0.25) is 0 Å². The Morgan fingerprint density at radius 2 is 1.89 bits per heavy atom. The smallest absolute Gasteiger partial charge is 0.143 e. The number of rotatable bonds is 1. The van der Waals surface area contributed by atoms with E-state index in [1.807, 2.05) is 11.8 Å². The molecular formula is C14H21N3S. The average molecular weight is 263 g/mol. The summed E-state index contributed by atoms with van der Waals surface area (Å²) in [5, 5.41) is 0.481. The summed E-state index contributed by atoms with van der Waals surface area (Å²) in [5.74, 6) is 2.99. The SMILES string of the molecule is Nc1nc(C2CCCCS2)nc2c1CCCCC2. The summed E-state index contributed by atoms with van der Waals surface area (Å²) in [7, 11) is 0. The van der Waals surface area contributed by atoms with E-state index in [2.05, 4.69) is 4.98 Å². The summed E-state index contributed by atoms with van der Waals surface area (Å²) in [6.07, 6.45) is 9.79. The Morgan fingerprint density at radius 1 is 1.00 bits per heavy atom. The third-order valence-electron chi connectivity index (χ3n) is 3.95. The Labute approximate surface area is 113 Å². The van der Waals surface area contributed by atoms with Gasteiger partial charge in [-0.3, -0.25) is 0 Å². The summed E-state index contributed by atoms with van der Waals surface area (Å²) in [6.45, 7) is 0. The number of nitrogens with two attached hydrogens (primary N) is 1. The molecule has 2 N–H and O–H groups in total. The normalized spacial score (nSPS) is 24.3. The predicted octanol–water partition coefficient (Wildman–Crippen LogP) is 3.29. The van der Waals surface area contributed by atoms with E-state index in [-0.39, 0.29) is 0 Å². The van der Waals surface area contributed by atoms with Gasteiger partial charge in [0.25, 0.3) is 0 Å². The van der Waals surface area contributed by atoms with Crippen LogP contribution in [-0.2, 0) is 12.8 Å². The lowest BCUT2D eigenvalue weighted by atomic mass is 10.1. The zero-order chi connectivity index (χ0) is 12.4. The molecule has 1 aliphatic carbocycles. The van der Waals surface area contributed by atoms with Gasteiger partial charge in [-0.05, 0) is 44.3 Å². The Bertz CT molecular complexity index is 427. The number of aromatic nitrogens is 2. The van der Waals surface area contributed by atoms with Crippen LogP contribution in [0.5, 0.6) is 0 Å². The van der Waals surface area contributed by atoms with E-state index < -0.39 is 0 Å². The molecule has 0 bridgehead atoms. The van der Waals surface area contributed by atoms with Gasteiger partial charge in [-0.15, -0.1) is 0 Å². The van der Waals surface area contributed by atoms with Crippen molar-refractivity contribution < 1.29 is 0 Å². The first-order valence-electron chi connectivity index (χ1n) is 7.11. The van der Waals surface area contributed by atoms with Crippen molar-refractivity contribution in [2.24, 2.45) is 0 Å². The zero-order valence-electron chi connectivity index (χ0n) is 10.8. The van der Waals surface area contributed by atoms with Crippen molar-refractivity contribution >= 4 is 17.6 Å². The third-order valence-corrected chi connectivity index (χ3v) is 5.32. The lowest BCUT2D eigenvalue weighted by molar-refractivity contribution is 0.656. The molecule has 1 atom stereocenters. The van der Waals surface area contributed by atoms with E-state index in [0.29, 0.717) is 5.25 Å². The summed E-state index contributed by atoms with van der Waals surface area (Å²) in [4.78, 5) is 9.44. The fraction of sp³-hybridized carbons (Fsp3) is 0.714. The number of hydrogen-bond acceptors (Lipinski definition) is 4. The van der Waals surface area contributed by atoms with Gasteiger partial charge in [-0.2, -0.15) is 11.8 Å². The van der Waals surface area contributed by atoms with Crippen LogP contribution in [0.25, 0.3) is 0 Å². The first kappa shape index (κ1) is 12.3. The van der Waals surface area contributed by atoms with Crippen LogP contribution in [0.3, 0.4) is 0 Å². The number of nitrogen functional groups attached to an aromatic ring is 1. The van der Waals surface area contributed by atoms with Crippen LogP contribution in [-0.4, -0.2) is 15.7 Å². The fourth-order valence-corrected chi connectivity index (χ4v) is 4.15. The largest absolute Gasteiger partial charge is 0.383 e. The summed E-state index contributed by atoms with van der Waals surface area (Å²) in [5.41, 5.74) is 8.63. The minimum atomic E-state index is 0.481. The van der Waals surface area contributed by atoms with E-state index in [4.69, 9.17) is 10.7 Å². The Kier molecular flexibility index (Phi) is 3.73. The number of aryl methyl sites for hydroxylation is 1. The highest BCUT2D eigenvalue weighted by molar-refractivity contribution is 7.99. The molecular weight excluding hydrogens is 242 g/mol. The van der Waals surface area contributed by atoms with E-state index in [1.54, 1.807) is 0 Å². The van der Waals surface area contributed by atoms with Crippen LogP contribution in [0, 0.1) is 0 Å². The van der Waals surface area contributed by atoms with Crippen molar-refractivity contribution in [2.75, 3.05) is 11.5 Å². The number of nitrogens with zero attached hydrogens (tertiary/aromatic N) is 2. The molecule has 18 heavy (non-hydrogen) atoms. The van der Waals surface area contributed by atoms with Crippen LogP contribution < -0.4 is 5.73 Å². The number of hydrogen-bond donors (Lipinski definition) is 1. The molecule has 1 fully saturated rings. The van der Waals surface area contributed by atoms with Crippen molar-refractivity contribution in [1.82, 2.24) is 9.97 Å². The standard InChI is InChI=1S/C14H21N3S/c15-13-10-6-2-1-3-7-11(10)16-14(17-13)12-8-4-5-9-18-12/h12H,1-9H2,(H2,15,16,17). The predicted molar refractivity (Wildman–Crippen MR) is 76.8 cm³/mol. The fourth-order valence-electron chi connectivity index (χ4n) is 2.91. The maximum absolute atomic E-state index is 6.16. The summed E-state index contributed by atoms with van der Waals surface area (Å²) < 4.78 is 0. The Balaban J connectivity index is 1.91. The molecule has 0 amide bonds. The average Bonchev–Trinajstić information content (AvgIpc) is 2.65. The Morgan fingerprint density at radius 3 is 2.72 bits per heavy atom. The van der Waals surface area contributed by atoms with Gasteiger partial charge < -0.3 is 5.73 Å². The lowest BCUT2D eigenvalue weighted by Gasteiger charge is -2.21. The highest BCUT2D eigenvalue weighted by Gasteiger charge is 2.22. The molecule has 3 rings (SSSR count). The maximum atomic E-state index is 6.16. The van der Waals surface area contributed by atoms with E-state index in [9.17, 15) is 0 Å². The minimum Gasteiger partial charge on any atom is -0.383 e. The molecule has 0 spiro atoms. The number of thioether (sulfide) groups is 1. The quantitative estimate of drug-likeness (QED) is 0.790. The van der Waals surface area contributed by atoms with Crippen LogP contribution >= 0.6 is 11.8 Å². The second-order valence-corrected chi connectivity index (χ2v) is 6.62. The van der Waals surface area contributed by atoms with Crippen molar-refractivity contribution in [1.29, 1.82) is 0 Å². The molecule has 3 nitrogen and oxygen atoms in total. The molecule has 2 heterocycles. The molecule has 4 heteroatoms. The van der Waals surface area contributed by atoms with Gasteiger partial charge in [0.2, 0.25) is 0 Å². The first-order chi connectivity index (χ1) is 8.84. The highest BCUT2D eigenvalue weighted by Crippen LogP contribution is 2.37. The summed E-state index contributed by atoms with van der Waals surface area (Å²) in [6, 6.07) is 0. The van der Waals surface area contributed by atoms with Gasteiger partial charge in [-0.25, -0.2) is 9.97 Å². The van der Waals surface area contributed by atoms with E-state index >= 15 is 0 Å². The number of anilines is 1. The summed E-state index contributed by atoms with van der Waals surface area (Å²) >= 11 is 2.00. The second-order valence-electron chi connectivity index (χ2n) is 5.31. The molecule has 98 valence electrons. The highest BCUT2D eigenvalue weighted by atomic mass is 32.2. The van der Waals surface area contributed by atoms with Crippen molar-refractivity contribution in [3.8, 4) is 0 Å². The third kappa shape index (κ3) is 2.48. The lowest BCUT2D eigenvalue weighted by Crippen LogP contribution is -2.12. The zero-order valence-corrected chi connectivity index (χ0v) is 11.6. The molecule has 1 saturated heterocycles. The van der Waals surface area contributed by atoms with Crippen molar-refractivity contribution in [2.45, 2.75) is 56.6 Å². The number of fused-ring (bicyclic) bond motifs is 1. The van der Waals surface area contributed by atoms with Crippen LogP contribution in [0.1, 0.15) is 60.9 Å². The Hall–Kier alpha value is -0.770. The topological polar surface area (TPSA) is 51.8 Å². The van der Waals surface area contributed by atoms with Gasteiger partial charge in [-0.1, -0.05) is 12.8 Å². The maximum Gasteiger partial charge on any atom is 0.143 e. The first-order valence-corrected chi connectivity index (χ1v) is 8.16. The van der Waals surface area contributed by atoms with E-state index in [1.165, 1.54) is 55.5 Å².